The summed E-state index contributed by atoms with van der Waals surface area (Å²) in [4.78, 5) is 2.44. The Balaban J connectivity index is 1.07. The molecule has 0 N–H and O–H groups in total. The van der Waals surface area contributed by atoms with Crippen molar-refractivity contribution in [2.45, 2.75) is 0 Å². The van der Waals surface area contributed by atoms with E-state index in [9.17, 15) is 0 Å². The molecule has 12 aromatic rings. The van der Waals surface area contributed by atoms with Gasteiger partial charge in [0.1, 0.15) is 0 Å². The lowest BCUT2D eigenvalue weighted by Gasteiger charge is -2.30. The van der Waals surface area contributed by atoms with Crippen molar-refractivity contribution in [3.8, 4) is 50.2 Å². The number of hydrogen-bond acceptors (Lipinski definition) is 1. The van der Waals surface area contributed by atoms with Crippen molar-refractivity contribution >= 4 is 60.4 Å². The smallest absolute Gasteiger partial charge is 0.0619 e. The largest absolute Gasteiger partial charge is 0.309 e. The molecule has 298 valence electrons. The summed E-state index contributed by atoms with van der Waals surface area (Å²) in [5.41, 5.74) is 15.9. The summed E-state index contributed by atoms with van der Waals surface area (Å²) in [6.45, 7) is 0. The Bertz CT molecular complexity index is 3650. The molecule has 0 atom stereocenters. The molecule has 0 amide bonds. The second-order valence-electron chi connectivity index (χ2n) is 16.3. The lowest BCUT2D eigenvalue weighted by molar-refractivity contribution is 1.19. The molecule has 0 aliphatic rings. The van der Waals surface area contributed by atoms with Crippen molar-refractivity contribution in [3.05, 3.63) is 255 Å². The van der Waals surface area contributed by atoms with E-state index >= 15 is 0 Å². The summed E-state index contributed by atoms with van der Waals surface area (Å²) in [6, 6.07) is 94.1. The SMILES string of the molecule is c1ccc(-c2cc(-c3ccccc3)ccc2N(c2ccc(-c3ccccc3-n3c4ccccc4c4ccc5ccccc5c43)cc2)c2ccccc2-c2cccc3ccccc23)cc#1. The van der Waals surface area contributed by atoms with Crippen LogP contribution in [0.25, 0.3) is 93.5 Å². The van der Waals surface area contributed by atoms with Gasteiger partial charge in [-0.25, -0.2) is 0 Å². The van der Waals surface area contributed by atoms with E-state index in [1.165, 1.54) is 54.5 Å². The quantitative estimate of drug-likeness (QED) is 0.148. The fraction of sp³-hybridized carbons (Fsp3) is 0. The van der Waals surface area contributed by atoms with E-state index in [0.29, 0.717) is 0 Å². The Labute approximate surface area is 373 Å². The predicted octanol–water partition coefficient (Wildman–Crippen LogP) is 16.8. The standard InChI is InChI=1S/C62H40N2/c1-3-18-43(19-4-1)48-37-41-61(57(42-48)45-20-5-2-6-21-45)63(59-32-15-12-28-54(59)53-30-17-24-44-22-7-9-25-50(44)53)49-38-34-47(35-39-49)51-26-11-14-31-58(51)64-60-33-16-13-29-55(60)56-40-36-46-23-8-10-27-52(46)62(56)64/h1,3-5,7-42H. The number of para-hydroxylation sites is 3. The topological polar surface area (TPSA) is 8.17 Å². The van der Waals surface area contributed by atoms with Gasteiger partial charge in [0.25, 0.3) is 0 Å². The highest BCUT2D eigenvalue weighted by molar-refractivity contribution is 6.19. The van der Waals surface area contributed by atoms with Crippen molar-refractivity contribution in [2.75, 3.05) is 4.90 Å². The first-order valence-corrected chi connectivity index (χ1v) is 21.8. The number of hydrogen-bond donors (Lipinski definition) is 0. The molecule has 1 heterocycles. The summed E-state index contributed by atoms with van der Waals surface area (Å²) in [7, 11) is 0. The molecule has 64 heavy (non-hydrogen) atoms. The van der Waals surface area contributed by atoms with Crippen molar-refractivity contribution in [3.63, 3.8) is 0 Å². The molecule has 1 aromatic heterocycles. The minimum atomic E-state index is 1.05. The maximum absolute atomic E-state index is 3.25. The zero-order valence-electron chi connectivity index (χ0n) is 35.0. The van der Waals surface area contributed by atoms with Crippen LogP contribution in [0, 0.1) is 12.1 Å². The van der Waals surface area contributed by atoms with E-state index in [4.69, 9.17) is 0 Å². The van der Waals surface area contributed by atoms with Gasteiger partial charge in [-0.3, -0.25) is 0 Å². The van der Waals surface area contributed by atoms with E-state index in [2.05, 4.69) is 252 Å². The molecule has 11 aromatic carbocycles. The Morgan fingerprint density at radius 2 is 0.984 bits per heavy atom. The Hall–Kier alpha value is -8.64. The fourth-order valence-corrected chi connectivity index (χ4v) is 9.73. The minimum absolute atomic E-state index is 1.05. The highest BCUT2D eigenvalue weighted by Crippen LogP contribution is 2.47. The normalized spacial score (nSPS) is 11.3. The van der Waals surface area contributed by atoms with Crippen molar-refractivity contribution < 1.29 is 0 Å². The molecule has 0 aliphatic carbocycles. The van der Waals surface area contributed by atoms with Crippen LogP contribution in [0.3, 0.4) is 0 Å². The van der Waals surface area contributed by atoms with Gasteiger partial charge in [-0.05, 0) is 105 Å². The molecular weight excluding hydrogens is 773 g/mol. The van der Waals surface area contributed by atoms with Gasteiger partial charge in [0.05, 0.1) is 28.1 Å². The lowest BCUT2D eigenvalue weighted by Crippen LogP contribution is -2.12. The van der Waals surface area contributed by atoms with E-state index in [1.54, 1.807) is 0 Å². The van der Waals surface area contributed by atoms with Crippen LogP contribution in [-0.4, -0.2) is 4.57 Å². The van der Waals surface area contributed by atoms with Gasteiger partial charge in [-0.2, -0.15) is 0 Å². The van der Waals surface area contributed by atoms with Crippen LogP contribution in [0.5, 0.6) is 0 Å². The molecule has 2 heteroatoms. The molecular formula is C62H40N2. The predicted molar refractivity (Wildman–Crippen MR) is 270 cm³/mol. The summed E-state index contributed by atoms with van der Waals surface area (Å²) >= 11 is 0. The average Bonchev–Trinajstić information content (AvgIpc) is 3.72. The highest BCUT2D eigenvalue weighted by atomic mass is 15.1. The average molecular weight is 813 g/mol. The molecule has 0 radical (unpaired) electrons. The van der Waals surface area contributed by atoms with Crippen LogP contribution in [0.15, 0.2) is 243 Å². The maximum atomic E-state index is 3.25. The van der Waals surface area contributed by atoms with Gasteiger partial charge in [-0.15, -0.1) is 0 Å². The van der Waals surface area contributed by atoms with Crippen molar-refractivity contribution in [2.24, 2.45) is 0 Å². The van der Waals surface area contributed by atoms with Crippen LogP contribution in [0.1, 0.15) is 0 Å². The Morgan fingerprint density at radius 1 is 0.344 bits per heavy atom. The van der Waals surface area contributed by atoms with Crippen LogP contribution in [-0.2, 0) is 0 Å². The molecule has 0 spiro atoms. The second-order valence-corrected chi connectivity index (χ2v) is 16.3. The summed E-state index contributed by atoms with van der Waals surface area (Å²) in [5, 5.41) is 7.40. The molecule has 12 rings (SSSR count). The van der Waals surface area contributed by atoms with E-state index in [1.807, 2.05) is 12.1 Å². The summed E-state index contributed by atoms with van der Waals surface area (Å²) in [6.07, 6.45) is 0. The summed E-state index contributed by atoms with van der Waals surface area (Å²) in [5.74, 6) is 0. The molecule has 0 fully saturated rings. The van der Waals surface area contributed by atoms with Crippen LogP contribution >= 0.6 is 0 Å². The first-order chi connectivity index (χ1) is 31.8. The second kappa shape index (κ2) is 15.7. The Kier molecular flexibility index (Phi) is 9.10. The van der Waals surface area contributed by atoms with Crippen molar-refractivity contribution in [1.82, 2.24) is 4.57 Å². The highest BCUT2D eigenvalue weighted by Gasteiger charge is 2.23. The van der Waals surface area contributed by atoms with Gasteiger partial charge in [0.2, 0.25) is 0 Å². The lowest BCUT2D eigenvalue weighted by atomic mass is 9.94. The van der Waals surface area contributed by atoms with Gasteiger partial charge >= 0.3 is 0 Å². The third kappa shape index (κ3) is 6.30. The van der Waals surface area contributed by atoms with Gasteiger partial charge < -0.3 is 9.47 Å². The number of benzene rings is 10. The molecule has 0 unspecified atom stereocenters. The summed E-state index contributed by atoms with van der Waals surface area (Å²) < 4.78 is 2.47. The van der Waals surface area contributed by atoms with Gasteiger partial charge in [0, 0.05) is 38.5 Å². The van der Waals surface area contributed by atoms with E-state index in [0.717, 1.165) is 56.1 Å². The zero-order valence-corrected chi connectivity index (χ0v) is 35.0. The van der Waals surface area contributed by atoms with Gasteiger partial charge in [-0.1, -0.05) is 194 Å². The monoisotopic (exact) mass is 812 g/mol. The molecule has 0 saturated heterocycles. The number of rotatable bonds is 8. The van der Waals surface area contributed by atoms with Gasteiger partial charge in [0.15, 0.2) is 0 Å². The van der Waals surface area contributed by atoms with E-state index in [-0.39, 0.29) is 0 Å². The fourth-order valence-electron chi connectivity index (χ4n) is 9.73. The maximum Gasteiger partial charge on any atom is 0.0619 e. The third-order valence-corrected chi connectivity index (χ3v) is 12.7. The Morgan fingerprint density at radius 3 is 1.81 bits per heavy atom. The third-order valence-electron chi connectivity index (χ3n) is 12.7. The molecule has 2 nitrogen and oxygen atoms in total. The number of fused-ring (bicyclic) bond motifs is 6. The molecule has 0 aliphatic heterocycles. The minimum Gasteiger partial charge on any atom is -0.309 e. The zero-order chi connectivity index (χ0) is 42.4. The van der Waals surface area contributed by atoms with Crippen LogP contribution < -0.4 is 4.90 Å². The van der Waals surface area contributed by atoms with E-state index < -0.39 is 0 Å². The molecule has 0 bridgehead atoms. The number of nitrogens with zero attached hydrogens (tertiary/aromatic N) is 2. The first-order valence-electron chi connectivity index (χ1n) is 21.8. The van der Waals surface area contributed by atoms with Crippen LogP contribution in [0.4, 0.5) is 17.1 Å². The molecule has 0 saturated carbocycles. The van der Waals surface area contributed by atoms with Crippen molar-refractivity contribution in [1.29, 1.82) is 0 Å². The number of aromatic nitrogens is 1. The number of anilines is 3. The first kappa shape index (κ1) is 37.1. The van der Waals surface area contributed by atoms with Crippen LogP contribution in [0.2, 0.25) is 0 Å².